The maximum absolute atomic E-state index is 13.0. The summed E-state index contributed by atoms with van der Waals surface area (Å²) in [5.74, 6) is 0.603. The number of carbonyl (C=O) groups excluding carboxylic acids is 2. The zero-order chi connectivity index (χ0) is 19.3. The normalized spacial score (nSPS) is 22.4. The Kier molecular flexibility index (Phi) is 4.41. The van der Waals surface area contributed by atoms with Gasteiger partial charge < -0.3 is 14.5 Å². The highest BCUT2D eigenvalue weighted by atomic mass is 79.9. The smallest absolute Gasteiger partial charge is 0.410 e. The molecule has 0 aromatic carbocycles. The van der Waals surface area contributed by atoms with Crippen LogP contribution >= 0.6 is 15.9 Å². The van der Waals surface area contributed by atoms with Crippen molar-refractivity contribution in [3.8, 4) is 0 Å². The van der Waals surface area contributed by atoms with Crippen LogP contribution in [0.1, 0.15) is 31.1 Å². The van der Waals surface area contributed by atoms with Gasteiger partial charge in [0.15, 0.2) is 0 Å². The fourth-order valence-corrected chi connectivity index (χ4v) is 4.26. The Morgan fingerprint density at radius 2 is 1.78 bits per heavy atom. The number of halogens is 1. The highest BCUT2D eigenvalue weighted by Gasteiger charge is 2.44. The number of hydrogen-bond donors (Lipinski definition) is 0. The van der Waals surface area contributed by atoms with E-state index in [0.29, 0.717) is 43.6 Å². The Labute approximate surface area is 166 Å². The number of hydrogen-bond acceptors (Lipinski definition) is 4. The van der Waals surface area contributed by atoms with Gasteiger partial charge >= 0.3 is 6.09 Å². The first kappa shape index (κ1) is 18.3. The predicted octanol–water partition coefficient (Wildman–Crippen LogP) is 3.04. The van der Waals surface area contributed by atoms with Crippen molar-refractivity contribution in [2.24, 2.45) is 11.8 Å². The van der Waals surface area contributed by atoms with E-state index in [0.717, 1.165) is 9.99 Å². The van der Waals surface area contributed by atoms with Gasteiger partial charge in [-0.1, -0.05) is 15.9 Å². The van der Waals surface area contributed by atoms with Gasteiger partial charge in [0.25, 0.3) is 5.91 Å². The zero-order valence-corrected chi connectivity index (χ0v) is 17.3. The fraction of sp³-hybridized carbons (Fsp3) is 0.526. The van der Waals surface area contributed by atoms with E-state index in [1.165, 1.54) is 0 Å². The van der Waals surface area contributed by atoms with Crippen molar-refractivity contribution in [1.29, 1.82) is 0 Å². The van der Waals surface area contributed by atoms with Crippen LogP contribution in [-0.4, -0.2) is 63.2 Å². The molecule has 2 atom stereocenters. The highest BCUT2D eigenvalue weighted by Crippen LogP contribution is 2.33. The van der Waals surface area contributed by atoms with Gasteiger partial charge in [-0.05, 0) is 32.9 Å². The zero-order valence-electron chi connectivity index (χ0n) is 15.7. The third-order valence-electron chi connectivity index (χ3n) is 5.14. The van der Waals surface area contributed by atoms with Gasteiger partial charge in [0.1, 0.15) is 5.60 Å². The van der Waals surface area contributed by atoms with Crippen molar-refractivity contribution in [2.45, 2.75) is 26.4 Å². The largest absolute Gasteiger partial charge is 0.444 e. The molecule has 2 aliphatic rings. The average Bonchev–Trinajstić information content (AvgIpc) is 3.24. The van der Waals surface area contributed by atoms with Crippen LogP contribution in [0.4, 0.5) is 4.79 Å². The van der Waals surface area contributed by atoms with Gasteiger partial charge in [-0.25, -0.2) is 9.31 Å². The second-order valence-electron chi connectivity index (χ2n) is 8.35. The van der Waals surface area contributed by atoms with Gasteiger partial charge in [0, 0.05) is 48.7 Å². The number of aromatic nitrogens is 2. The molecule has 2 aromatic heterocycles. The summed E-state index contributed by atoms with van der Waals surface area (Å²) in [6, 6.07) is 3.79. The molecule has 7 nitrogen and oxygen atoms in total. The number of pyridine rings is 1. The summed E-state index contributed by atoms with van der Waals surface area (Å²) in [5, 5.41) is 4.27. The first-order valence-electron chi connectivity index (χ1n) is 9.11. The number of ether oxygens (including phenoxy) is 1. The van der Waals surface area contributed by atoms with Gasteiger partial charge in [0.2, 0.25) is 0 Å². The molecule has 27 heavy (non-hydrogen) atoms. The lowest BCUT2D eigenvalue weighted by Gasteiger charge is -2.26. The molecule has 4 heterocycles. The van der Waals surface area contributed by atoms with Crippen LogP contribution in [0.3, 0.4) is 0 Å². The third-order valence-corrected chi connectivity index (χ3v) is 5.63. The van der Waals surface area contributed by atoms with E-state index < -0.39 is 5.60 Å². The van der Waals surface area contributed by atoms with Crippen LogP contribution < -0.4 is 0 Å². The first-order chi connectivity index (χ1) is 12.7. The summed E-state index contributed by atoms with van der Waals surface area (Å²) in [6.45, 7) is 8.22. The number of likely N-dealkylation sites (tertiary alicyclic amines) is 2. The topological polar surface area (TPSA) is 67.2 Å². The Bertz CT molecular complexity index is 890. The molecule has 0 aliphatic carbocycles. The first-order valence-corrected chi connectivity index (χ1v) is 9.90. The monoisotopic (exact) mass is 434 g/mol. The van der Waals surface area contributed by atoms with Crippen molar-refractivity contribution in [2.75, 3.05) is 26.2 Å². The minimum atomic E-state index is -0.492. The number of nitrogens with zero attached hydrogens (tertiary/aromatic N) is 4. The van der Waals surface area contributed by atoms with Crippen molar-refractivity contribution in [1.82, 2.24) is 19.4 Å². The summed E-state index contributed by atoms with van der Waals surface area (Å²) in [4.78, 5) is 29.0. The van der Waals surface area contributed by atoms with E-state index in [1.54, 1.807) is 15.6 Å². The maximum atomic E-state index is 13.0. The Morgan fingerprint density at radius 3 is 2.41 bits per heavy atom. The number of fused-ring (bicyclic) bond motifs is 2. The lowest BCUT2D eigenvalue weighted by molar-refractivity contribution is 0.0275. The number of amides is 2. The van der Waals surface area contributed by atoms with Gasteiger partial charge in [-0.2, -0.15) is 5.10 Å². The molecule has 2 fully saturated rings. The second-order valence-corrected chi connectivity index (χ2v) is 9.26. The number of rotatable bonds is 1. The van der Waals surface area contributed by atoms with Crippen molar-refractivity contribution >= 4 is 33.4 Å². The third kappa shape index (κ3) is 3.54. The fourth-order valence-electron chi connectivity index (χ4n) is 3.92. The van der Waals surface area contributed by atoms with Crippen LogP contribution in [0.2, 0.25) is 0 Å². The van der Waals surface area contributed by atoms with Gasteiger partial charge in [-0.3, -0.25) is 4.79 Å². The summed E-state index contributed by atoms with van der Waals surface area (Å²) in [5.41, 5.74) is 0.913. The van der Waals surface area contributed by atoms with Crippen molar-refractivity contribution in [3.63, 3.8) is 0 Å². The Hall–Kier alpha value is -2.09. The number of carbonyl (C=O) groups is 2. The molecule has 0 bridgehead atoms. The maximum Gasteiger partial charge on any atom is 0.410 e. The van der Waals surface area contributed by atoms with Gasteiger partial charge in [-0.15, -0.1) is 0 Å². The lowest BCUT2D eigenvalue weighted by atomic mass is 10.0. The Morgan fingerprint density at radius 1 is 1.15 bits per heavy atom. The SMILES string of the molecule is CC(C)(C)OC(=O)N1CC2CN(C(=O)c3cnn4ccc(Br)cc34)CC2C1. The summed E-state index contributed by atoms with van der Waals surface area (Å²) in [7, 11) is 0. The molecule has 2 unspecified atom stereocenters. The van der Waals surface area contributed by atoms with E-state index >= 15 is 0 Å². The molecule has 8 heteroatoms. The molecule has 2 aromatic rings. The molecule has 4 rings (SSSR count). The van der Waals surface area contributed by atoms with E-state index in [-0.39, 0.29) is 12.0 Å². The minimum Gasteiger partial charge on any atom is -0.444 e. The molecule has 2 aliphatic heterocycles. The van der Waals surface area contributed by atoms with E-state index in [2.05, 4.69) is 21.0 Å². The van der Waals surface area contributed by atoms with E-state index in [9.17, 15) is 9.59 Å². The molecular formula is C19H23BrN4O3. The van der Waals surface area contributed by atoms with Crippen LogP contribution in [0.15, 0.2) is 29.0 Å². The van der Waals surface area contributed by atoms with Crippen molar-refractivity contribution in [3.05, 3.63) is 34.6 Å². The average molecular weight is 435 g/mol. The van der Waals surface area contributed by atoms with Crippen LogP contribution in [0.5, 0.6) is 0 Å². The highest BCUT2D eigenvalue weighted by molar-refractivity contribution is 9.10. The van der Waals surface area contributed by atoms with E-state index in [4.69, 9.17) is 4.74 Å². The molecule has 144 valence electrons. The molecule has 2 amide bonds. The molecule has 0 N–H and O–H groups in total. The Balaban J connectivity index is 1.43. The lowest BCUT2D eigenvalue weighted by Crippen LogP contribution is -2.38. The van der Waals surface area contributed by atoms with Crippen LogP contribution in [0.25, 0.3) is 5.52 Å². The molecule has 0 radical (unpaired) electrons. The quantitative estimate of drug-likeness (QED) is 0.691. The predicted molar refractivity (Wildman–Crippen MR) is 104 cm³/mol. The minimum absolute atomic E-state index is 0.00122. The summed E-state index contributed by atoms with van der Waals surface area (Å²) < 4.78 is 8.09. The molecule has 2 saturated heterocycles. The molecular weight excluding hydrogens is 412 g/mol. The summed E-state index contributed by atoms with van der Waals surface area (Å²) >= 11 is 3.45. The van der Waals surface area contributed by atoms with Gasteiger partial charge in [0.05, 0.1) is 17.3 Å². The second kappa shape index (κ2) is 6.51. The molecule has 0 spiro atoms. The van der Waals surface area contributed by atoms with E-state index in [1.807, 2.05) is 44.0 Å². The summed E-state index contributed by atoms with van der Waals surface area (Å²) in [6.07, 6.45) is 3.20. The standard InChI is InChI=1S/C19H23BrN4O3/c1-19(2,3)27-18(26)23-10-12-8-22(9-13(12)11-23)17(25)15-7-21-24-5-4-14(20)6-16(15)24/h4-7,12-13H,8-11H2,1-3H3. The molecule has 0 saturated carbocycles. The van der Waals surface area contributed by atoms with Crippen molar-refractivity contribution < 1.29 is 14.3 Å². The van der Waals surface area contributed by atoms with Crippen LogP contribution in [0, 0.1) is 11.8 Å². The van der Waals surface area contributed by atoms with Crippen LogP contribution in [-0.2, 0) is 4.74 Å².